The minimum Gasteiger partial charge on any atom is -0.309 e. The fraction of sp³-hybridized carbons (Fsp3) is 0.286. The van der Waals surface area contributed by atoms with Gasteiger partial charge in [0.2, 0.25) is 0 Å². The first kappa shape index (κ1) is 14.8. The van der Waals surface area contributed by atoms with Crippen LogP contribution >= 0.6 is 22.9 Å². The summed E-state index contributed by atoms with van der Waals surface area (Å²) in [6.45, 7) is 0.724. The molecule has 7 heteroatoms. The van der Waals surface area contributed by atoms with Crippen LogP contribution in [0.5, 0.6) is 0 Å². The number of anilines is 1. The third-order valence-electron chi connectivity index (χ3n) is 3.12. The molecule has 2 aromatic rings. The molecule has 0 radical (unpaired) electrons. The second kappa shape index (κ2) is 5.96. The Hall–Kier alpha value is -1.08. The Bertz CT molecular complexity index is 739. The first-order chi connectivity index (χ1) is 10.0. The van der Waals surface area contributed by atoms with Crippen LogP contribution in [0.25, 0.3) is 0 Å². The van der Waals surface area contributed by atoms with Gasteiger partial charge >= 0.3 is 0 Å². The molecule has 1 aliphatic carbocycles. The SMILES string of the molecule is O=S(=O)(Nc1cccc(Cl)c1)c1ccc(CNC2CC2)s1. The van der Waals surface area contributed by atoms with E-state index < -0.39 is 10.0 Å². The Balaban J connectivity index is 1.71. The highest BCUT2D eigenvalue weighted by molar-refractivity contribution is 7.94. The molecule has 112 valence electrons. The average Bonchev–Trinajstić information content (AvgIpc) is 3.12. The zero-order valence-electron chi connectivity index (χ0n) is 11.2. The van der Waals surface area contributed by atoms with E-state index in [4.69, 9.17) is 11.6 Å². The van der Waals surface area contributed by atoms with Crippen LogP contribution < -0.4 is 10.0 Å². The van der Waals surface area contributed by atoms with Crippen LogP contribution in [0, 0.1) is 0 Å². The van der Waals surface area contributed by atoms with Crippen LogP contribution in [0.15, 0.2) is 40.6 Å². The average molecular weight is 343 g/mol. The van der Waals surface area contributed by atoms with Gasteiger partial charge < -0.3 is 5.32 Å². The van der Waals surface area contributed by atoms with Crippen molar-refractivity contribution in [2.45, 2.75) is 29.6 Å². The first-order valence-corrected chi connectivity index (χ1v) is 9.31. The fourth-order valence-electron chi connectivity index (χ4n) is 1.89. The van der Waals surface area contributed by atoms with Crippen molar-refractivity contribution in [1.29, 1.82) is 0 Å². The van der Waals surface area contributed by atoms with Crippen LogP contribution in [-0.2, 0) is 16.6 Å². The number of benzene rings is 1. The molecule has 21 heavy (non-hydrogen) atoms. The van der Waals surface area contributed by atoms with Crippen LogP contribution in [-0.4, -0.2) is 14.5 Å². The van der Waals surface area contributed by atoms with Gasteiger partial charge in [-0.3, -0.25) is 4.72 Å². The quantitative estimate of drug-likeness (QED) is 0.845. The summed E-state index contributed by atoms with van der Waals surface area (Å²) in [5.74, 6) is 0. The highest BCUT2D eigenvalue weighted by atomic mass is 35.5. The maximum Gasteiger partial charge on any atom is 0.271 e. The van der Waals surface area contributed by atoms with Gasteiger partial charge in [-0.15, -0.1) is 11.3 Å². The van der Waals surface area contributed by atoms with Crippen LogP contribution in [0.3, 0.4) is 0 Å². The van der Waals surface area contributed by atoms with Gasteiger partial charge in [0.05, 0.1) is 5.69 Å². The third-order valence-corrected chi connectivity index (χ3v) is 6.31. The molecular weight excluding hydrogens is 328 g/mol. The lowest BCUT2D eigenvalue weighted by Crippen LogP contribution is -2.14. The van der Waals surface area contributed by atoms with Gasteiger partial charge in [-0.25, -0.2) is 8.42 Å². The molecule has 4 nitrogen and oxygen atoms in total. The number of nitrogens with one attached hydrogen (secondary N) is 2. The second-order valence-corrected chi connectivity index (χ2v) is 8.51. The number of sulfonamides is 1. The lowest BCUT2D eigenvalue weighted by Gasteiger charge is -2.06. The molecule has 0 bridgehead atoms. The first-order valence-electron chi connectivity index (χ1n) is 6.63. The summed E-state index contributed by atoms with van der Waals surface area (Å²) in [7, 11) is -3.55. The van der Waals surface area contributed by atoms with Crippen molar-refractivity contribution in [1.82, 2.24) is 5.32 Å². The normalized spacial score (nSPS) is 15.1. The van der Waals surface area contributed by atoms with Gasteiger partial charge in [-0.05, 0) is 43.2 Å². The van der Waals surface area contributed by atoms with Crippen molar-refractivity contribution in [3.05, 3.63) is 46.3 Å². The Morgan fingerprint density at radius 3 is 2.76 bits per heavy atom. The zero-order valence-corrected chi connectivity index (χ0v) is 13.6. The van der Waals surface area contributed by atoms with E-state index in [0.29, 0.717) is 21.0 Å². The molecule has 0 spiro atoms. The molecule has 0 saturated heterocycles. The standard InChI is InChI=1S/C14H15ClN2O2S2/c15-10-2-1-3-12(8-10)17-21(18,19)14-7-6-13(20-14)9-16-11-4-5-11/h1-3,6-8,11,16-17H,4-5,9H2. The van der Waals surface area contributed by atoms with Gasteiger partial charge in [-0.2, -0.15) is 0 Å². The van der Waals surface area contributed by atoms with Crippen molar-refractivity contribution < 1.29 is 8.42 Å². The smallest absolute Gasteiger partial charge is 0.271 e. The van der Waals surface area contributed by atoms with E-state index in [2.05, 4.69) is 10.0 Å². The molecule has 1 saturated carbocycles. The van der Waals surface area contributed by atoms with Gasteiger partial charge in [0.15, 0.2) is 0 Å². The van der Waals surface area contributed by atoms with Crippen molar-refractivity contribution in [3.8, 4) is 0 Å². The van der Waals surface area contributed by atoms with Gasteiger partial charge in [0.1, 0.15) is 4.21 Å². The molecule has 0 unspecified atom stereocenters. The van der Waals surface area contributed by atoms with Crippen LogP contribution in [0.1, 0.15) is 17.7 Å². The van der Waals surface area contributed by atoms with Gasteiger partial charge in [0.25, 0.3) is 10.0 Å². The molecule has 2 N–H and O–H groups in total. The van der Waals surface area contributed by atoms with E-state index in [0.717, 1.165) is 11.4 Å². The minimum absolute atomic E-state index is 0.315. The maximum atomic E-state index is 12.3. The molecule has 0 aliphatic heterocycles. The predicted molar refractivity (Wildman–Crippen MR) is 86.4 cm³/mol. The van der Waals surface area contributed by atoms with Crippen molar-refractivity contribution in [3.63, 3.8) is 0 Å². The fourth-order valence-corrected chi connectivity index (χ4v) is 4.43. The topological polar surface area (TPSA) is 58.2 Å². The molecule has 1 aliphatic rings. The van der Waals surface area contributed by atoms with Gasteiger partial charge in [-0.1, -0.05) is 17.7 Å². The predicted octanol–water partition coefficient (Wildman–Crippen LogP) is 3.45. The highest BCUT2D eigenvalue weighted by Crippen LogP contribution is 2.26. The number of halogens is 1. The number of rotatable bonds is 6. The van der Waals surface area contributed by atoms with Crippen molar-refractivity contribution in [2.24, 2.45) is 0 Å². The van der Waals surface area contributed by atoms with E-state index in [1.165, 1.54) is 24.2 Å². The summed E-state index contributed by atoms with van der Waals surface area (Å²) >= 11 is 7.15. The van der Waals surface area contributed by atoms with Crippen LogP contribution in [0.2, 0.25) is 5.02 Å². The second-order valence-electron chi connectivity index (χ2n) is 4.99. The van der Waals surface area contributed by atoms with Gasteiger partial charge in [0, 0.05) is 22.5 Å². The van der Waals surface area contributed by atoms with Crippen LogP contribution in [0.4, 0.5) is 5.69 Å². The monoisotopic (exact) mass is 342 g/mol. The summed E-state index contributed by atoms with van der Waals surface area (Å²) in [6, 6.07) is 10.8. The molecule has 1 fully saturated rings. The summed E-state index contributed by atoms with van der Waals surface area (Å²) in [5, 5.41) is 3.87. The van der Waals surface area contributed by atoms with E-state index in [1.54, 1.807) is 30.3 Å². The third kappa shape index (κ3) is 3.97. The van der Waals surface area contributed by atoms with E-state index in [-0.39, 0.29) is 0 Å². The summed E-state index contributed by atoms with van der Waals surface area (Å²) in [5.41, 5.74) is 0.466. The minimum atomic E-state index is -3.55. The molecular formula is C14H15ClN2O2S2. The Morgan fingerprint density at radius 1 is 1.24 bits per heavy atom. The Kier molecular flexibility index (Phi) is 4.21. The summed E-state index contributed by atoms with van der Waals surface area (Å²) in [4.78, 5) is 1.02. The highest BCUT2D eigenvalue weighted by Gasteiger charge is 2.21. The Morgan fingerprint density at radius 2 is 2.05 bits per heavy atom. The van der Waals surface area contributed by atoms with Crippen molar-refractivity contribution >= 4 is 38.6 Å². The molecule has 1 aromatic carbocycles. The molecule has 3 rings (SSSR count). The number of hydrogen-bond donors (Lipinski definition) is 2. The van der Waals surface area contributed by atoms with E-state index in [1.807, 2.05) is 6.07 Å². The maximum absolute atomic E-state index is 12.3. The molecule has 0 amide bonds. The number of hydrogen-bond acceptors (Lipinski definition) is 4. The molecule has 1 heterocycles. The van der Waals surface area contributed by atoms with E-state index in [9.17, 15) is 8.42 Å². The zero-order chi connectivity index (χ0) is 14.9. The summed E-state index contributed by atoms with van der Waals surface area (Å²) in [6.07, 6.45) is 2.43. The Labute approximate surface area is 133 Å². The molecule has 1 aromatic heterocycles. The van der Waals surface area contributed by atoms with Crippen molar-refractivity contribution in [2.75, 3.05) is 4.72 Å². The summed E-state index contributed by atoms with van der Waals surface area (Å²) < 4.78 is 27.5. The molecule has 0 atom stereocenters. The lowest BCUT2D eigenvalue weighted by molar-refractivity contribution is 0.603. The lowest BCUT2D eigenvalue weighted by atomic mass is 10.3. The number of thiophene rings is 1. The largest absolute Gasteiger partial charge is 0.309 e. The van der Waals surface area contributed by atoms with E-state index >= 15 is 0 Å².